The molecule has 0 saturated carbocycles. The number of pyridine rings is 1. The summed E-state index contributed by atoms with van der Waals surface area (Å²) in [5, 5.41) is 12.0. The van der Waals surface area contributed by atoms with Crippen LogP contribution in [0.3, 0.4) is 0 Å². The fourth-order valence-corrected chi connectivity index (χ4v) is 1.86. The number of nitrogens with zero attached hydrogens (tertiary/aromatic N) is 1. The predicted molar refractivity (Wildman–Crippen MR) is 74.2 cm³/mol. The minimum absolute atomic E-state index is 0.240. The number of nitrogens with two attached hydrogens (primary N) is 1. The molecule has 2 rings (SSSR count). The van der Waals surface area contributed by atoms with Crippen LogP contribution in [0.2, 0.25) is 0 Å². The second-order valence-electron chi connectivity index (χ2n) is 4.23. The van der Waals surface area contributed by atoms with Crippen molar-refractivity contribution in [1.29, 1.82) is 0 Å². The number of rotatable bonds is 5. The number of hydrogen-bond donors (Lipinski definition) is 3. The largest absolute Gasteiger partial charge is 0.478 e. The van der Waals surface area contributed by atoms with E-state index in [2.05, 4.69) is 10.3 Å². The average molecular weight is 275 g/mol. The van der Waals surface area contributed by atoms with Crippen molar-refractivity contribution in [3.8, 4) is 0 Å². The van der Waals surface area contributed by atoms with Gasteiger partial charge in [-0.3, -0.25) is 4.98 Å². The summed E-state index contributed by atoms with van der Waals surface area (Å²) >= 11 is 0. The first kappa shape index (κ1) is 13.8. The first-order chi connectivity index (χ1) is 9.59. The van der Waals surface area contributed by atoms with Crippen LogP contribution in [0.1, 0.15) is 15.9 Å². The summed E-state index contributed by atoms with van der Waals surface area (Å²) in [5.74, 6) is -1.99. The van der Waals surface area contributed by atoms with E-state index in [9.17, 15) is 9.18 Å². The topological polar surface area (TPSA) is 88.2 Å². The number of anilines is 2. The van der Waals surface area contributed by atoms with Crippen molar-refractivity contribution in [3.05, 3.63) is 53.6 Å². The van der Waals surface area contributed by atoms with Crippen molar-refractivity contribution in [1.82, 2.24) is 4.98 Å². The number of carboxylic acids is 1. The van der Waals surface area contributed by atoms with Crippen LogP contribution >= 0.6 is 0 Å². The van der Waals surface area contributed by atoms with E-state index in [1.165, 1.54) is 6.07 Å². The molecule has 1 heterocycles. The third-order valence-corrected chi connectivity index (χ3v) is 2.86. The summed E-state index contributed by atoms with van der Waals surface area (Å²) in [4.78, 5) is 15.1. The summed E-state index contributed by atoms with van der Waals surface area (Å²) in [6.07, 6.45) is 4.09. The quantitative estimate of drug-likeness (QED) is 0.728. The monoisotopic (exact) mass is 275 g/mol. The molecular formula is C14H14FN3O2. The van der Waals surface area contributed by atoms with Gasteiger partial charge in [-0.05, 0) is 30.2 Å². The van der Waals surface area contributed by atoms with Crippen molar-refractivity contribution in [3.63, 3.8) is 0 Å². The molecule has 0 unspecified atom stereocenters. The molecule has 0 aliphatic rings. The highest BCUT2D eigenvalue weighted by Gasteiger charge is 2.17. The standard InChI is InChI=1S/C14H14FN3O2/c15-10-3-4-11(12(13(10)16)14(19)20)18-7-5-9-2-1-6-17-8-9/h1-4,6,8,18H,5,7,16H2,(H,19,20). The zero-order valence-corrected chi connectivity index (χ0v) is 10.6. The number of carbonyl (C=O) groups is 1. The summed E-state index contributed by atoms with van der Waals surface area (Å²) in [5.41, 5.74) is 6.19. The minimum Gasteiger partial charge on any atom is -0.478 e. The molecule has 0 aliphatic heterocycles. The van der Waals surface area contributed by atoms with Gasteiger partial charge >= 0.3 is 5.97 Å². The smallest absolute Gasteiger partial charge is 0.340 e. The molecule has 0 saturated heterocycles. The van der Waals surface area contributed by atoms with E-state index in [-0.39, 0.29) is 11.3 Å². The number of benzene rings is 1. The van der Waals surface area contributed by atoms with E-state index in [0.29, 0.717) is 18.7 Å². The van der Waals surface area contributed by atoms with Crippen molar-refractivity contribution >= 4 is 17.3 Å². The van der Waals surface area contributed by atoms with Crippen LogP contribution in [0.25, 0.3) is 0 Å². The van der Waals surface area contributed by atoms with Gasteiger partial charge in [0.25, 0.3) is 0 Å². The van der Waals surface area contributed by atoms with E-state index < -0.39 is 11.8 Å². The van der Waals surface area contributed by atoms with E-state index in [0.717, 1.165) is 11.6 Å². The van der Waals surface area contributed by atoms with E-state index >= 15 is 0 Å². The highest BCUT2D eigenvalue weighted by atomic mass is 19.1. The maximum absolute atomic E-state index is 13.3. The van der Waals surface area contributed by atoms with Gasteiger partial charge in [-0.15, -0.1) is 0 Å². The summed E-state index contributed by atoms with van der Waals surface area (Å²) in [6, 6.07) is 6.27. The van der Waals surface area contributed by atoms with Crippen LogP contribution in [0, 0.1) is 5.82 Å². The lowest BCUT2D eigenvalue weighted by atomic mass is 10.1. The highest BCUT2D eigenvalue weighted by Crippen LogP contribution is 2.25. The number of nitrogens with one attached hydrogen (secondary N) is 1. The van der Waals surface area contributed by atoms with Gasteiger partial charge in [-0.1, -0.05) is 6.07 Å². The average Bonchev–Trinajstić information content (AvgIpc) is 2.43. The van der Waals surface area contributed by atoms with E-state index in [1.54, 1.807) is 12.4 Å². The van der Waals surface area contributed by atoms with E-state index in [4.69, 9.17) is 10.8 Å². The molecule has 2 aromatic rings. The summed E-state index contributed by atoms with van der Waals surface area (Å²) < 4.78 is 13.3. The molecule has 1 aromatic carbocycles. The number of nitrogen functional groups attached to an aromatic ring is 1. The molecule has 0 atom stereocenters. The SMILES string of the molecule is Nc1c(F)ccc(NCCc2cccnc2)c1C(=O)O. The molecule has 0 bridgehead atoms. The maximum atomic E-state index is 13.3. The fraction of sp³-hybridized carbons (Fsp3) is 0.143. The normalized spacial score (nSPS) is 10.2. The lowest BCUT2D eigenvalue weighted by Gasteiger charge is -2.12. The van der Waals surface area contributed by atoms with Crippen LogP contribution in [-0.4, -0.2) is 22.6 Å². The Bertz CT molecular complexity index is 617. The predicted octanol–water partition coefficient (Wildman–Crippen LogP) is 2.16. The highest BCUT2D eigenvalue weighted by molar-refractivity contribution is 6.00. The van der Waals surface area contributed by atoms with Gasteiger partial charge in [0.15, 0.2) is 0 Å². The van der Waals surface area contributed by atoms with Gasteiger partial charge in [-0.25, -0.2) is 9.18 Å². The Morgan fingerprint density at radius 3 is 2.85 bits per heavy atom. The number of aromatic nitrogens is 1. The Morgan fingerprint density at radius 1 is 1.40 bits per heavy atom. The Labute approximate surface area is 115 Å². The van der Waals surface area contributed by atoms with Crippen LogP contribution in [0.4, 0.5) is 15.8 Å². The molecule has 1 aromatic heterocycles. The van der Waals surface area contributed by atoms with E-state index in [1.807, 2.05) is 12.1 Å². The molecule has 104 valence electrons. The molecular weight excluding hydrogens is 261 g/mol. The van der Waals surface area contributed by atoms with Crippen molar-refractivity contribution in [2.45, 2.75) is 6.42 Å². The maximum Gasteiger partial charge on any atom is 0.340 e. The van der Waals surface area contributed by atoms with Crippen molar-refractivity contribution < 1.29 is 14.3 Å². The third kappa shape index (κ3) is 3.03. The summed E-state index contributed by atoms with van der Waals surface area (Å²) in [6.45, 7) is 0.497. The van der Waals surface area contributed by atoms with Gasteiger partial charge < -0.3 is 16.2 Å². The zero-order chi connectivity index (χ0) is 14.5. The van der Waals surface area contributed by atoms with Gasteiger partial charge in [0.05, 0.1) is 11.4 Å². The molecule has 0 radical (unpaired) electrons. The van der Waals surface area contributed by atoms with Crippen LogP contribution < -0.4 is 11.1 Å². The molecule has 6 heteroatoms. The fourth-order valence-electron chi connectivity index (χ4n) is 1.86. The number of hydrogen-bond acceptors (Lipinski definition) is 4. The van der Waals surface area contributed by atoms with Crippen molar-refractivity contribution in [2.75, 3.05) is 17.6 Å². The van der Waals surface area contributed by atoms with Gasteiger partial charge in [0.1, 0.15) is 11.4 Å². The molecule has 5 nitrogen and oxygen atoms in total. The lowest BCUT2D eigenvalue weighted by molar-refractivity contribution is 0.0698. The second kappa shape index (κ2) is 6.01. The number of halogens is 1. The molecule has 0 fully saturated rings. The minimum atomic E-state index is -1.26. The van der Waals surface area contributed by atoms with Crippen LogP contribution in [-0.2, 0) is 6.42 Å². The Balaban J connectivity index is 2.10. The molecule has 0 amide bonds. The Kier molecular flexibility index (Phi) is 4.14. The summed E-state index contributed by atoms with van der Waals surface area (Å²) in [7, 11) is 0. The first-order valence-electron chi connectivity index (χ1n) is 6.03. The number of aromatic carboxylic acids is 1. The van der Waals surface area contributed by atoms with Crippen LogP contribution in [0.5, 0.6) is 0 Å². The molecule has 0 aliphatic carbocycles. The van der Waals surface area contributed by atoms with Gasteiger partial charge in [0, 0.05) is 18.9 Å². The van der Waals surface area contributed by atoms with Gasteiger partial charge in [-0.2, -0.15) is 0 Å². The molecule has 0 spiro atoms. The Morgan fingerprint density at radius 2 is 2.20 bits per heavy atom. The Hall–Kier alpha value is -2.63. The second-order valence-corrected chi connectivity index (χ2v) is 4.23. The van der Waals surface area contributed by atoms with Crippen molar-refractivity contribution in [2.24, 2.45) is 0 Å². The first-order valence-corrected chi connectivity index (χ1v) is 6.03. The van der Waals surface area contributed by atoms with Crippen LogP contribution in [0.15, 0.2) is 36.7 Å². The molecule has 20 heavy (non-hydrogen) atoms. The lowest BCUT2D eigenvalue weighted by Crippen LogP contribution is -2.12. The number of carboxylic acid groups (broad SMARTS) is 1. The third-order valence-electron chi connectivity index (χ3n) is 2.86. The zero-order valence-electron chi connectivity index (χ0n) is 10.6. The molecule has 4 N–H and O–H groups in total. The van der Waals surface area contributed by atoms with Gasteiger partial charge in [0.2, 0.25) is 0 Å².